The van der Waals surface area contributed by atoms with Gasteiger partial charge in [-0.3, -0.25) is 0 Å². The van der Waals surface area contributed by atoms with E-state index >= 15 is 0 Å². The second-order valence-electron chi connectivity index (χ2n) is 1.99. The molecule has 60 valence electrons. The van der Waals surface area contributed by atoms with Gasteiger partial charge >= 0.3 is 0 Å². The molecule has 0 fully saturated rings. The Balaban J connectivity index is 0. The van der Waals surface area contributed by atoms with Gasteiger partial charge in [0, 0.05) is 0 Å². The highest BCUT2D eigenvalue weighted by atomic mass is 19.1. The number of allylic oxidation sites excluding steroid dienone is 3. The number of unbranched alkanes of at least 4 members (excludes halogenated alkanes) is 1. The van der Waals surface area contributed by atoms with Crippen molar-refractivity contribution in [3.8, 4) is 0 Å². The lowest BCUT2D eigenvalue weighted by Gasteiger charge is -1.70. The first-order valence-corrected chi connectivity index (χ1v) is 3.63. The monoisotopic (exact) mass is 144 g/mol. The molecule has 0 amide bonds. The molecule has 0 aliphatic rings. The molecule has 0 spiro atoms. The summed E-state index contributed by atoms with van der Waals surface area (Å²) in [6.45, 7) is 9.02. The Bertz CT molecular complexity index is 86.9. The fourth-order valence-electron chi connectivity index (χ4n) is 0.162. The molecule has 0 aliphatic carbocycles. The van der Waals surface area contributed by atoms with Crippen LogP contribution in [0.1, 0.15) is 33.6 Å². The topological polar surface area (TPSA) is 0 Å². The Morgan fingerprint density at radius 1 is 1.40 bits per heavy atom. The zero-order chi connectivity index (χ0) is 8.41. The van der Waals surface area contributed by atoms with E-state index in [1.807, 2.05) is 0 Å². The third-order valence-electron chi connectivity index (χ3n) is 0.848. The lowest BCUT2D eigenvalue weighted by Crippen LogP contribution is -1.51. The highest BCUT2D eigenvalue weighted by Gasteiger charge is 1.69. The van der Waals surface area contributed by atoms with Crippen LogP contribution in [0.4, 0.5) is 4.39 Å². The quantitative estimate of drug-likeness (QED) is 0.516. The van der Waals surface area contributed by atoms with Crippen LogP contribution < -0.4 is 0 Å². The predicted molar refractivity (Wildman–Crippen MR) is 45.6 cm³/mol. The molecule has 0 saturated heterocycles. The van der Waals surface area contributed by atoms with Crippen molar-refractivity contribution >= 4 is 0 Å². The average molecular weight is 144 g/mol. The van der Waals surface area contributed by atoms with Crippen LogP contribution in [-0.4, -0.2) is 0 Å². The number of hydrogen-bond acceptors (Lipinski definition) is 0. The van der Waals surface area contributed by atoms with Crippen molar-refractivity contribution in [1.82, 2.24) is 0 Å². The van der Waals surface area contributed by atoms with Crippen LogP contribution in [0, 0.1) is 0 Å². The van der Waals surface area contributed by atoms with Gasteiger partial charge in [0.2, 0.25) is 0 Å². The largest absolute Gasteiger partial charge is 0.212 e. The molecule has 0 saturated carbocycles. The summed E-state index contributed by atoms with van der Waals surface area (Å²) in [5.74, 6) is -0.204. The average Bonchev–Trinajstić information content (AvgIpc) is 1.89. The number of rotatable bonds is 2. The minimum Gasteiger partial charge on any atom is -0.212 e. The van der Waals surface area contributed by atoms with Gasteiger partial charge in [-0.1, -0.05) is 39.3 Å². The molecule has 0 heterocycles. The molecule has 0 aliphatic heterocycles. The van der Waals surface area contributed by atoms with Crippen LogP contribution in [0.3, 0.4) is 0 Å². The van der Waals surface area contributed by atoms with Crippen molar-refractivity contribution in [1.29, 1.82) is 0 Å². The Kier molecular flexibility index (Phi) is 13.6. The van der Waals surface area contributed by atoms with Gasteiger partial charge in [0.05, 0.1) is 5.83 Å². The summed E-state index contributed by atoms with van der Waals surface area (Å²) >= 11 is 0. The summed E-state index contributed by atoms with van der Waals surface area (Å²) < 4.78 is 11.5. The van der Waals surface area contributed by atoms with Crippen LogP contribution in [0.25, 0.3) is 0 Å². The summed E-state index contributed by atoms with van der Waals surface area (Å²) in [4.78, 5) is 0. The summed E-state index contributed by atoms with van der Waals surface area (Å²) in [7, 11) is 0. The fourth-order valence-corrected chi connectivity index (χ4v) is 0.162. The Morgan fingerprint density at radius 3 is 1.80 bits per heavy atom. The first kappa shape index (κ1) is 12.1. The zero-order valence-corrected chi connectivity index (χ0v) is 7.15. The molecule has 0 radical (unpaired) electrons. The van der Waals surface area contributed by atoms with Crippen molar-refractivity contribution in [2.75, 3.05) is 0 Å². The van der Waals surface area contributed by atoms with E-state index in [-0.39, 0.29) is 5.83 Å². The third kappa shape index (κ3) is 26.2. The van der Waals surface area contributed by atoms with E-state index in [1.54, 1.807) is 0 Å². The minimum absolute atomic E-state index is 0.204. The lowest BCUT2D eigenvalue weighted by molar-refractivity contribution is 0.641. The van der Waals surface area contributed by atoms with Crippen LogP contribution >= 0.6 is 0 Å². The molecule has 0 bridgehead atoms. The normalized spacial score (nSPS) is 9.80. The molecular weight excluding hydrogens is 127 g/mol. The second-order valence-corrected chi connectivity index (χ2v) is 1.99. The molecule has 0 unspecified atom stereocenters. The van der Waals surface area contributed by atoms with Gasteiger partial charge in [0.1, 0.15) is 0 Å². The number of halogens is 1. The first-order valence-electron chi connectivity index (χ1n) is 3.63. The maximum atomic E-state index is 11.5. The molecular formula is C9H17F. The standard InChI is InChI=1S/C5H7F.C4H10/c1-3-4-5(2)6;1-3-4-2/h3-4H,1H2,2H3;3-4H2,1-2H3/b5-4+;. The summed E-state index contributed by atoms with van der Waals surface area (Å²) in [5, 5.41) is 0. The summed E-state index contributed by atoms with van der Waals surface area (Å²) in [5.41, 5.74) is 0. The van der Waals surface area contributed by atoms with Gasteiger partial charge < -0.3 is 0 Å². The van der Waals surface area contributed by atoms with Gasteiger partial charge in [-0.25, -0.2) is 4.39 Å². The van der Waals surface area contributed by atoms with E-state index < -0.39 is 0 Å². The van der Waals surface area contributed by atoms with E-state index in [0.29, 0.717) is 0 Å². The maximum Gasteiger partial charge on any atom is 0.0968 e. The molecule has 0 atom stereocenters. The molecule has 10 heavy (non-hydrogen) atoms. The first-order chi connectivity index (χ1) is 4.68. The van der Waals surface area contributed by atoms with Crippen molar-refractivity contribution < 1.29 is 4.39 Å². The van der Waals surface area contributed by atoms with E-state index in [0.717, 1.165) is 0 Å². The third-order valence-corrected chi connectivity index (χ3v) is 0.848. The van der Waals surface area contributed by atoms with E-state index in [9.17, 15) is 4.39 Å². The molecule has 0 aromatic rings. The Morgan fingerprint density at radius 2 is 1.80 bits per heavy atom. The van der Waals surface area contributed by atoms with E-state index in [4.69, 9.17) is 0 Å². The highest BCUT2D eigenvalue weighted by molar-refractivity contribution is 5.00. The van der Waals surface area contributed by atoms with Crippen molar-refractivity contribution in [3.05, 3.63) is 24.6 Å². The van der Waals surface area contributed by atoms with Crippen LogP contribution in [0.15, 0.2) is 24.6 Å². The van der Waals surface area contributed by atoms with Crippen molar-refractivity contribution in [3.63, 3.8) is 0 Å². The molecule has 0 nitrogen and oxygen atoms in total. The second kappa shape index (κ2) is 11.2. The van der Waals surface area contributed by atoms with Crippen LogP contribution in [0.5, 0.6) is 0 Å². The zero-order valence-electron chi connectivity index (χ0n) is 7.15. The highest BCUT2D eigenvalue weighted by Crippen LogP contribution is 1.89. The lowest BCUT2D eigenvalue weighted by atomic mass is 10.4. The van der Waals surface area contributed by atoms with E-state index in [1.165, 1.54) is 31.9 Å². The van der Waals surface area contributed by atoms with Gasteiger partial charge in [-0.05, 0) is 13.0 Å². The van der Waals surface area contributed by atoms with Crippen LogP contribution in [0.2, 0.25) is 0 Å². The Hall–Kier alpha value is -0.590. The number of hydrogen-bond donors (Lipinski definition) is 0. The molecule has 0 aromatic carbocycles. The predicted octanol–water partition coefficient (Wildman–Crippen LogP) is 3.85. The SMILES string of the molecule is C=C/C=C(\C)F.CCCC. The minimum atomic E-state index is -0.204. The molecule has 1 heteroatoms. The van der Waals surface area contributed by atoms with Crippen molar-refractivity contribution in [2.24, 2.45) is 0 Å². The molecule has 0 N–H and O–H groups in total. The summed E-state index contributed by atoms with van der Waals surface area (Å²) in [6.07, 6.45) is 5.36. The molecule has 0 aromatic heterocycles. The van der Waals surface area contributed by atoms with Crippen molar-refractivity contribution in [2.45, 2.75) is 33.6 Å². The molecule has 0 rings (SSSR count). The van der Waals surface area contributed by atoms with Gasteiger partial charge in [-0.15, -0.1) is 0 Å². The van der Waals surface area contributed by atoms with Gasteiger partial charge in [0.15, 0.2) is 0 Å². The van der Waals surface area contributed by atoms with Crippen LogP contribution in [-0.2, 0) is 0 Å². The smallest absolute Gasteiger partial charge is 0.0968 e. The van der Waals surface area contributed by atoms with Gasteiger partial charge in [-0.2, -0.15) is 0 Å². The van der Waals surface area contributed by atoms with Gasteiger partial charge in [0.25, 0.3) is 0 Å². The Labute approximate surface area is 63.5 Å². The fraction of sp³-hybridized carbons (Fsp3) is 0.556. The maximum absolute atomic E-state index is 11.5. The van der Waals surface area contributed by atoms with E-state index in [2.05, 4.69) is 20.4 Å². The summed E-state index contributed by atoms with van der Waals surface area (Å²) in [6, 6.07) is 0.